The molecule has 29 heavy (non-hydrogen) atoms. The molecule has 0 heterocycles. The number of ether oxygens (including phenoxy) is 1. The molecule has 0 aliphatic heterocycles. The first-order valence-electron chi connectivity index (χ1n) is 8.93. The number of amides is 2. The van der Waals surface area contributed by atoms with Crippen LogP contribution in [0.3, 0.4) is 0 Å². The van der Waals surface area contributed by atoms with Gasteiger partial charge in [0, 0.05) is 23.4 Å². The second-order valence-corrected chi connectivity index (χ2v) is 6.29. The highest BCUT2D eigenvalue weighted by Crippen LogP contribution is 2.23. The maximum atomic E-state index is 12.8. The molecule has 2 N–H and O–H groups in total. The van der Waals surface area contributed by atoms with E-state index >= 15 is 0 Å². The second-order valence-electron chi connectivity index (χ2n) is 6.29. The molecule has 0 spiro atoms. The third-order valence-electron chi connectivity index (χ3n) is 4.45. The average molecular weight is 388 g/mol. The van der Waals surface area contributed by atoms with Crippen molar-refractivity contribution in [2.24, 2.45) is 0 Å². The first kappa shape index (κ1) is 19.8. The van der Waals surface area contributed by atoms with Gasteiger partial charge in [-0.25, -0.2) is 4.79 Å². The van der Waals surface area contributed by atoms with E-state index in [4.69, 9.17) is 0 Å². The van der Waals surface area contributed by atoms with Crippen LogP contribution in [-0.2, 0) is 20.9 Å². The zero-order valence-corrected chi connectivity index (χ0v) is 15.9. The van der Waals surface area contributed by atoms with Crippen LogP contribution in [0.1, 0.15) is 21.5 Å². The summed E-state index contributed by atoms with van der Waals surface area (Å²) in [4.78, 5) is 35.7. The highest BCUT2D eigenvalue weighted by molar-refractivity contribution is 6.32. The molecule has 2 amide bonds. The van der Waals surface area contributed by atoms with Crippen molar-refractivity contribution in [1.82, 2.24) is 10.6 Å². The van der Waals surface area contributed by atoms with Crippen molar-refractivity contribution in [3.8, 4) is 0 Å². The van der Waals surface area contributed by atoms with Gasteiger partial charge >= 0.3 is 11.9 Å². The molecule has 0 radical (unpaired) electrons. The van der Waals surface area contributed by atoms with Gasteiger partial charge in [0.1, 0.15) is 0 Å². The van der Waals surface area contributed by atoms with Crippen molar-refractivity contribution < 1.29 is 19.1 Å². The van der Waals surface area contributed by atoms with E-state index in [1.54, 1.807) is 24.3 Å². The van der Waals surface area contributed by atoms with Gasteiger partial charge in [-0.1, -0.05) is 67.2 Å². The molecule has 0 saturated heterocycles. The number of methoxy groups -OCH3 is 1. The minimum Gasteiger partial charge on any atom is -0.462 e. The molecule has 0 saturated carbocycles. The summed E-state index contributed by atoms with van der Waals surface area (Å²) < 4.78 is 4.37. The summed E-state index contributed by atoms with van der Waals surface area (Å²) in [6.07, 6.45) is 0. The Hall–Kier alpha value is -3.93. The summed E-state index contributed by atoms with van der Waals surface area (Å²) in [6, 6.07) is 20.5. The number of rotatable bonds is 5. The lowest BCUT2D eigenvalue weighted by atomic mass is 10.0. The lowest BCUT2D eigenvalue weighted by molar-refractivity contribution is -0.152. The van der Waals surface area contributed by atoms with Gasteiger partial charge in [-0.15, -0.1) is 0 Å². The Kier molecular flexibility index (Phi) is 6.04. The average Bonchev–Trinajstić information content (AvgIpc) is 2.76. The number of carbonyl (C=O) groups is 3. The third kappa shape index (κ3) is 4.50. The van der Waals surface area contributed by atoms with Crippen molar-refractivity contribution in [3.63, 3.8) is 0 Å². The largest absolute Gasteiger partial charge is 0.462 e. The highest BCUT2D eigenvalue weighted by atomic mass is 16.5. The van der Waals surface area contributed by atoms with Crippen molar-refractivity contribution in [2.75, 3.05) is 7.11 Å². The molecular weight excluding hydrogens is 368 g/mol. The maximum absolute atomic E-state index is 12.8. The molecule has 0 atom stereocenters. The van der Waals surface area contributed by atoms with Crippen molar-refractivity contribution in [1.29, 1.82) is 0 Å². The minimum atomic E-state index is -0.990. The molecular formula is C23H20N2O4. The highest BCUT2D eigenvalue weighted by Gasteiger charge is 2.17. The molecule has 0 aromatic heterocycles. The van der Waals surface area contributed by atoms with Crippen LogP contribution in [0, 0.1) is 0 Å². The van der Waals surface area contributed by atoms with Gasteiger partial charge in [0.2, 0.25) is 0 Å². The number of hydrogen-bond acceptors (Lipinski definition) is 4. The smallest absolute Gasteiger partial charge is 0.396 e. The van der Waals surface area contributed by atoms with Crippen LogP contribution in [0.5, 0.6) is 0 Å². The lowest BCUT2D eigenvalue weighted by Gasteiger charge is -2.14. The predicted molar refractivity (Wildman–Crippen MR) is 111 cm³/mol. The molecule has 0 aliphatic rings. The van der Waals surface area contributed by atoms with Crippen LogP contribution in [-0.4, -0.2) is 24.9 Å². The summed E-state index contributed by atoms with van der Waals surface area (Å²) in [7, 11) is 1.13. The normalized spacial score (nSPS) is 10.2. The van der Waals surface area contributed by atoms with E-state index in [-0.39, 0.29) is 12.5 Å². The van der Waals surface area contributed by atoms with Gasteiger partial charge in [0.05, 0.1) is 7.11 Å². The molecule has 3 aromatic carbocycles. The fourth-order valence-corrected chi connectivity index (χ4v) is 3.00. The van der Waals surface area contributed by atoms with Crippen molar-refractivity contribution >= 4 is 34.3 Å². The molecule has 0 aliphatic carbocycles. The molecule has 0 unspecified atom stereocenters. The van der Waals surface area contributed by atoms with Crippen LogP contribution in [0.15, 0.2) is 73.3 Å². The van der Waals surface area contributed by atoms with Crippen molar-refractivity contribution in [2.45, 2.75) is 6.54 Å². The van der Waals surface area contributed by atoms with E-state index in [1.807, 2.05) is 42.5 Å². The number of carbonyl (C=O) groups excluding carboxylic acids is 3. The van der Waals surface area contributed by atoms with E-state index in [0.717, 1.165) is 23.4 Å². The summed E-state index contributed by atoms with van der Waals surface area (Å²) in [6.45, 7) is 4.03. The Bertz CT molecular complexity index is 1100. The van der Waals surface area contributed by atoms with Gasteiger partial charge in [-0.2, -0.15) is 0 Å². The Morgan fingerprint density at radius 2 is 1.55 bits per heavy atom. The molecule has 6 heteroatoms. The molecule has 0 bridgehead atoms. The molecule has 3 aromatic rings. The lowest BCUT2D eigenvalue weighted by Crippen LogP contribution is -2.32. The Labute approximate surface area is 168 Å². The topological polar surface area (TPSA) is 84.5 Å². The summed E-state index contributed by atoms with van der Waals surface area (Å²) in [5.41, 5.74) is 2.24. The molecule has 146 valence electrons. The maximum Gasteiger partial charge on any atom is 0.396 e. The number of fused-ring (bicyclic) bond motifs is 1. The molecule has 0 fully saturated rings. The quantitative estimate of drug-likeness (QED) is 0.520. The van der Waals surface area contributed by atoms with Crippen LogP contribution >= 0.6 is 0 Å². The van der Waals surface area contributed by atoms with Gasteiger partial charge in [-0.3, -0.25) is 9.59 Å². The van der Waals surface area contributed by atoms with Crippen molar-refractivity contribution in [3.05, 3.63) is 90.0 Å². The number of esters is 1. The van der Waals surface area contributed by atoms with E-state index in [9.17, 15) is 14.4 Å². The fraction of sp³-hybridized carbons (Fsp3) is 0.0870. The van der Waals surface area contributed by atoms with Gasteiger partial charge in [-0.05, 0) is 22.4 Å². The Morgan fingerprint density at radius 3 is 2.34 bits per heavy atom. The minimum absolute atomic E-state index is 0.0122. The van der Waals surface area contributed by atoms with Gasteiger partial charge in [0.15, 0.2) is 0 Å². The van der Waals surface area contributed by atoms with Crippen LogP contribution < -0.4 is 10.6 Å². The zero-order valence-electron chi connectivity index (χ0n) is 15.9. The van der Waals surface area contributed by atoms with Gasteiger partial charge < -0.3 is 15.4 Å². The zero-order chi connectivity index (χ0) is 20.8. The van der Waals surface area contributed by atoms with Crippen LogP contribution in [0.4, 0.5) is 0 Å². The van der Waals surface area contributed by atoms with Crippen LogP contribution in [0.2, 0.25) is 0 Å². The SMILES string of the molecule is C=C(NC(=O)c1ccccc1CNC(=O)C(=O)OC)c1cccc2ccccc12. The number of benzene rings is 3. The first-order chi connectivity index (χ1) is 14.0. The number of nitrogens with one attached hydrogen (secondary N) is 2. The fourth-order valence-electron chi connectivity index (χ4n) is 3.00. The summed E-state index contributed by atoms with van der Waals surface area (Å²) >= 11 is 0. The van der Waals surface area contributed by atoms with Crippen LogP contribution in [0.25, 0.3) is 16.5 Å². The van der Waals surface area contributed by atoms with E-state index < -0.39 is 11.9 Å². The number of hydrogen-bond donors (Lipinski definition) is 2. The van der Waals surface area contributed by atoms with Gasteiger partial charge in [0.25, 0.3) is 5.91 Å². The molecule has 6 nitrogen and oxygen atoms in total. The summed E-state index contributed by atoms with van der Waals surface area (Å²) in [5.74, 6) is -2.22. The monoisotopic (exact) mass is 388 g/mol. The Balaban J connectivity index is 1.78. The predicted octanol–water partition coefficient (Wildman–Crippen LogP) is 3.03. The van der Waals surface area contributed by atoms with E-state index in [1.165, 1.54) is 0 Å². The Morgan fingerprint density at radius 1 is 0.897 bits per heavy atom. The third-order valence-corrected chi connectivity index (χ3v) is 4.45. The van der Waals surface area contributed by atoms with E-state index in [0.29, 0.717) is 16.8 Å². The van der Waals surface area contributed by atoms with E-state index in [2.05, 4.69) is 21.9 Å². The first-order valence-corrected chi connectivity index (χ1v) is 8.93. The standard InChI is InChI=1S/C23H20N2O4/c1-15(18-13-7-10-16-8-3-5-11-19(16)18)25-21(26)20-12-6-4-9-17(20)14-24-22(27)23(28)29-2/h3-13H,1,14H2,2H3,(H,24,27)(H,25,26). The summed E-state index contributed by atoms with van der Waals surface area (Å²) in [5, 5.41) is 7.30. The molecule has 3 rings (SSSR count). The second kappa shape index (κ2) is 8.84.